The van der Waals surface area contributed by atoms with Crippen LogP contribution in [0, 0.1) is 11.8 Å². The number of carbonyl (C=O) groups excluding carboxylic acids is 2. The number of likely N-dealkylation sites (tertiary alicyclic amines) is 2. The first-order valence-electron chi connectivity index (χ1n) is 10.3. The van der Waals surface area contributed by atoms with Gasteiger partial charge in [-0.1, -0.05) is 48.5 Å². The van der Waals surface area contributed by atoms with Gasteiger partial charge in [-0.15, -0.1) is 0 Å². The zero-order valence-corrected chi connectivity index (χ0v) is 16.7. The highest BCUT2D eigenvalue weighted by Gasteiger charge is 2.49. The molecule has 3 heterocycles. The van der Waals surface area contributed by atoms with E-state index >= 15 is 0 Å². The van der Waals surface area contributed by atoms with E-state index < -0.39 is 0 Å². The molecular formula is C24H23N3O3. The molecule has 3 aromatic rings. The van der Waals surface area contributed by atoms with Gasteiger partial charge < -0.3 is 14.8 Å². The maximum atomic E-state index is 13.4. The van der Waals surface area contributed by atoms with Crippen LogP contribution in [0.2, 0.25) is 0 Å². The van der Waals surface area contributed by atoms with Gasteiger partial charge in [0.1, 0.15) is 0 Å². The molecule has 3 atom stereocenters. The minimum Gasteiger partial charge on any atom is -0.338 e. The molecule has 30 heavy (non-hydrogen) atoms. The fourth-order valence-corrected chi connectivity index (χ4v) is 5.16. The minimum atomic E-state index is -0.277. The number of amides is 2. The first-order valence-corrected chi connectivity index (χ1v) is 10.3. The number of H-pyrrole nitrogens is 1. The molecule has 2 amide bonds. The third-order valence-electron chi connectivity index (χ3n) is 6.48. The molecule has 152 valence electrons. The van der Waals surface area contributed by atoms with Gasteiger partial charge in [-0.05, 0) is 11.6 Å². The van der Waals surface area contributed by atoms with E-state index in [0.29, 0.717) is 30.7 Å². The molecular weight excluding hydrogens is 378 g/mol. The summed E-state index contributed by atoms with van der Waals surface area (Å²) >= 11 is 0. The van der Waals surface area contributed by atoms with Gasteiger partial charge in [-0.2, -0.15) is 0 Å². The summed E-state index contributed by atoms with van der Waals surface area (Å²) in [6, 6.07) is 18.8. The van der Waals surface area contributed by atoms with E-state index in [2.05, 4.69) is 17.1 Å². The van der Waals surface area contributed by atoms with E-state index in [9.17, 15) is 14.4 Å². The summed E-state index contributed by atoms with van der Waals surface area (Å²) in [5.74, 6) is 0.370. The smallest absolute Gasteiger partial charge is 0.254 e. The van der Waals surface area contributed by atoms with Crippen LogP contribution < -0.4 is 5.56 Å². The molecule has 0 aliphatic carbocycles. The number of nitrogens with one attached hydrogen (secondary N) is 1. The summed E-state index contributed by atoms with van der Waals surface area (Å²) in [5, 5.41) is 0.754. The van der Waals surface area contributed by atoms with Crippen LogP contribution >= 0.6 is 0 Å². The number of benzene rings is 2. The summed E-state index contributed by atoms with van der Waals surface area (Å²) in [7, 11) is 0. The Morgan fingerprint density at radius 3 is 2.47 bits per heavy atom. The number of nitrogens with zero attached hydrogens (tertiary/aromatic N) is 2. The van der Waals surface area contributed by atoms with Crippen LogP contribution in [-0.4, -0.2) is 46.2 Å². The van der Waals surface area contributed by atoms with E-state index in [0.717, 1.165) is 10.9 Å². The van der Waals surface area contributed by atoms with Gasteiger partial charge in [0.25, 0.3) is 5.91 Å². The van der Waals surface area contributed by atoms with E-state index in [4.69, 9.17) is 0 Å². The van der Waals surface area contributed by atoms with Crippen LogP contribution in [0.3, 0.4) is 0 Å². The number of aromatic amines is 1. The largest absolute Gasteiger partial charge is 0.338 e. The highest BCUT2D eigenvalue weighted by Crippen LogP contribution is 2.45. The Balaban J connectivity index is 1.47. The van der Waals surface area contributed by atoms with Crippen LogP contribution in [0.4, 0.5) is 0 Å². The number of aromatic nitrogens is 1. The zero-order chi connectivity index (χ0) is 20.8. The van der Waals surface area contributed by atoms with Crippen molar-refractivity contribution in [3.05, 3.63) is 82.1 Å². The van der Waals surface area contributed by atoms with E-state index in [1.54, 1.807) is 6.92 Å². The molecule has 6 heteroatoms. The van der Waals surface area contributed by atoms with Gasteiger partial charge in [-0.25, -0.2) is 0 Å². The lowest BCUT2D eigenvalue weighted by molar-refractivity contribution is -0.130. The molecule has 5 rings (SSSR count). The number of pyridine rings is 1. The molecule has 0 bridgehead atoms. The SMILES string of the molecule is CC(=O)N1C[C@H]2CN(C(=O)c3cc(=O)[nH]c4ccccc34)C[C@H]2[C@H]1c1ccccc1. The molecule has 2 aromatic carbocycles. The monoisotopic (exact) mass is 401 g/mol. The molecule has 2 saturated heterocycles. The molecule has 0 unspecified atom stereocenters. The van der Waals surface area contributed by atoms with Gasteiger partial charge in [0.15, 0.2) is 0 Å². The molecule has 1 aromatic heterocycles. The lowest BCUT2D eigenvalue weighted by Gasteiger charge is -2.29. The standard InChI is InChI=1S/C24H23N3O3/c1-15(28)27-13-17-12-26(14-20(17)23(27)16-7-3-2-4-8-16)24(30)19-11-22(29)25-21-10-6-5-9-18(19)21/h2-11,17,20,23H,12-14H2,1H3,(H,25,29)/t17-,20-,23-/m1/s1. The Labute approximate surface area is 174 Å². The number of carbonyl (C=O) groups is 2. The average molecular weight is 401 g/mol. The van der Waals surface area contributed by atoms with E-state index in [1.165, 1.54) is 6.07 Å². The van der Waals surface area contributed by atoms with Crippen molar-refractivity contribution in [2.45, 2.75) is 13.0 Å². The van der Waals surface area contributed by atoms with Gasteiger partial charge in [0.05, 0.1) is 11.6 Å². The average Bonchev–Trinajstić information content (AvgIpc) is 3.31. The molecule has 2 aliphatic rings. The molecule has 1 N–H and O–H groups in total. The van der Waals surface area contributed by atoms with Crippen molar-refractivity contribution in [2.24, 2.45) is 11.8 Å². The molecule has 0 radical (unpaired) electrons. The van der Waals surface area contributed by atoms with Crippen molar-refractivity contribution in [2.75, 3.05) is 19.6 Å². The van der Waals surface area contributed by atoms with Gasteiger partial charge in [0.2, 0.25) is 11.5 Å². The first-order chi connectivity index (χ1) is 14.5. The highest BCUT2D eigenvalue weighted by molar-refractivity contribution is 6.06. The van der Waals surface area contributed by atoms with Crippen LogP contribution in [-0.2, 0) is 4.79 Å². The normalized spacial score (nSPS) is 23.0. The zero-order valence-electron chi connectivity index (χ0n) is 16.7. The lowest BCUT2D eigenvalue weighted by atomic mass is 9.89. The van der Waals surface area contributed by atoms with Crippen LogP contribution in [0.25, 0.3) is 10.9 Å². The third kappa shape index (κ3) is 3.00. The topological polar surface area (TPSA) is 73.5 Å². The van der Waals surface area contributed by atoms with Crippen molar-refractivity contribution in [1.29, 1.82) is 0 Å². The summed E-state index contributed by atoms with van der Waals surface area (Å²) in [6.45, 7) is 3.44. The van der Waals surface area contributed by atoms with Crippen molar-refractivity contribution in [1.82, 2.24) is 14.8 Å². The molecule has 2 fully saturated rings. The second kappa shape index (κ2) is 7.13. The quantitative estimate of drug-likeness (QED) is 0.718. The predicted octanol–water partition coefficient (Wildman–Crippen LogP) is 2.82. The number of fused-ring (bicyclic) bond motifs is 2. The van der Waals surface area contributed by atoms with Crippen molar-refractivity contribution < 1.29 is 9.59 Å². The van der Waals surface area contributed by atoms with E-state index in [1.807, 2.05) is 52.3 Å². The first kappa shape index (κ1) is 18.6. The summed E-state index contributed by atoms with van der Waals surface area (Å²) in [6.07, 6.45) is 0. The fourth-order valence-electron chi connectivity index (χ4n) is 5.16. The summed E-state index contributed by atoms with van der Waals surface area (Å²) < 4.78 is 0. The Kier molecular flexibility index (Phi) is 4.42. The van der Waals surface area contributed by atoms with Crippen molar-refractivity contribution in [3.63, 3.8) is 0 Å². The minimum absolute atomic E-state index is 0.0255. The van der Waals surface area contributed by atoms with Gasteiger partial charge >= 0.3 is 0 Å². The van der Waals surface area contributed by atoms with Gasteiger partial charge in [-0.3, -0.25) is 14.4 Å². The maximum absolute atomic E-state index is 13.4. The molecule has 0 spiro atoms. The van der Waals surface area contributed by atoms with Crippen LogP contribution in [0.1, 0.15) is 28.9 Å². The Hall–Kier alpha value is -3.41. The van der Waals surface area contributed by atoms with E-state index in [-0.39, 0.29) is 35.3 Å². The Bertz CT molecular complexity index is 1190. The fraction of sp³-hybridized carbons (Fsp3) is 0.292. The van der Waals surface area contributed by atoms with Crippen LogP contribution in [0.15, 0.2) is 65.5 Å². The predicted molar refractivity (Wildman–Crippen MR) is 114 cm³/mol. The summed E-state index contributed by atoms with van der Waals surface area (Å²) in [5.41, 5.74) is 1.93. The number of para-hydroxylation sites is 1. The molecule has 6 nitrogen and oxygen atoms in total. The third-order valence-corrected chi connectivity index (χ3v) is 6.48. The van der Waals surface area contributed by atoms with Crippen molar-refractivity contribution in [3.8, 4) is 0 Å². The second-order valence-corrected chi connectivity index (χ2v) is 8.25. The summed E-state index contributed by atoms with van der Waals surface area (Å²) in [4.78, 5) is 44.4. The van der Waals surface area contributed by atoms with Crippen molar-refractivity contribution >= 4 is 22.7 Å². The molecule has 0 saturated carbocycles. The number of hydrogen-bond acceptors (Lipinski definition) is 3. The number of hydrogen-bond donors (Lipinski definition) is 1. The highest BCUT2D eigenvalue weighted by atomic mass is 16.2. The second-order valence-electron chi connectivity index (χ2n) is 8.25. The van der Waals surface area contributed by atoms with Crippen LogP contribution in [0.5, 0.6) is 0 Å². The Morgan fingerprint density at radius 1 is 0.967 bits per heavy atom. The maximum Gasteiger partial charge on any atom is 0.254 e. The van der Waals surface area contributed by atoms with Gasteiger partial charge in [0, 0.05) is 55.4 Å². The lowest BCUT2D eigenvalue weighted by Crippen LogP contribution is -2.36. The number of rotatable bonds is 2. The molecule has 2 aliphatic heterocycles. The Morgan fingerprint density at radius 2 is 1.70 bits per heavy atom.